The van der Waals surface area contributed by atoms with Gasteiger partial charge in [-0.05, 0) is 34.3 Å². The van der Waals surface area contributed by atoms with Gasteiger partial charge in [-0.15, -0.1) is 0 Å². The van der Waals surface area contributed by atoms with Gasteiger partial charge in [-0.1, -0.05) is 6.92 Å². The van der Waals surface area contributed by atoms with Gasteiger partial charge in [0.25, 0.3) is 5.91 Å². The van der Waals surface area contributed by atoms with Crippen molar-refractivity contribution in [3.05, 3.63) is 28.5 Å². The second kappa shape index (κ2) is 5.69. The fourth-order valence-corrected chi connectivity index (χ4v) is 2.77. The summed E-state index contributed by atoms with van der Waals surface area (Å²) in [5, 5.41) is 9.11. The fraction of sp³-hybridized carbons (Fsp3) is 0.462. The molecule has 5 nitrogen and oxygen atoms in total. The van der Waals surface area contributed by atoms with Gasteiger partial charge >= 0.3 is 5.97 Å². The summed E-state index contributed by atoms with van der Waals surface area (Å²) in [6.45, 7) is 2.83. The number of pyridine rings is 1. The largest absolute Gasteiger partial charge is 0.481 e. The zero-order valence-electron chi connectivity index (χ0n) is 10.5. The van der Waals surface area contributed by atoms with E-state index in [-0.39, 0.29) is 18.4 Å². The van der Waals surface area contributed by atoms with Gasteiger partial charge in [0, 0.05) is 30.0 Å². The number of piperidine rings is 1. The second-order valence-electron chi connectivity index (χ2n) is 4.98. The Hall–Kier alpha value is -1.43. The third-order valence-electron chi connectivity index (χ3n) is 3.25. The minimum Gasteiger partial charge on any atom is -0.481 e. The number of aliphatic carboxylic acids is 1. The van der Waals surface area contributed by atoms with Gasteiger partial charge in [-0.2, -0.15) is 0 Å². The molecule has 1 saturated heterocycles. The number of halogens is 1. The van der Waals surface area contributed by atoms with Crippen molar-refractivity contribution in [3.63, 3.8) is 0 Å². The summed E-state index contributed by atoms with van der Waals surface area (Å²) in [4.78, 5) is 29.0. The number of nitrogens with zero attached hydrogens (tertiary/aromatic N) is 2. The molecule has 2 atom stereocenters. The lowest BCUT2D eigenvalue weighted by Gasteiger charge is -2.34. The number of hydrogen-bond acceptors (Lipinski definition) is 3. The van der Waals surface area contributed by atoms with Crippen molar-refractivity contribution < 1.29 is 14.7 Å². The van der Waals surface area contributed by atoms with Gasteiger partial charge in [0.15, 0.2) is 0 Å². The topological polar surface area (TPSA) is 70.5 Å². The average molecular weight is 327 g/mol. The smallest absolute Gasteiger partial charge is 0.308 e. The number of hydrogen-bond donors (Lipinski definition) is 1. The highest BCUT2D eigenvalue weighted by molar-refractivity contribution is 9.10. The molecule has 1 aliphatic rings. The molecule has 0 aliphatic carbocycles. The highest BCUT2D eigenvalue weighted by atomic mass is 79.9. The quantitative estimate of drug-likeness (QED) is 0.902. The summed E-state index contributed by atoms with van der Waals surface area (Å²) in [6, 6.07) is 1.70. The van der Waals surface area contributed by atoms with Crippen molar-refractivity contribution in [2.24, 2.45) is 11.8 Å². The van der Waals surface area contributed by atoms with Crippen molar-refractivity contribution >= 4 is 27.8 Å². The Kier molecular flexibility index (Phi) is 4.19. The first-order chi connectivity index (χ1) is 8.97. The molecule has 0 saturated carbocycles. The molecule has 1 aromatic heterocycles. The van der Waals surface area contributed by atoms with Crippen molar-refractivity contribution in [3.8, 4) is 0 Å². The first-order valence-electron chi connectivity index (χ1n) is 6.10. The van der Waals surface area contributed by atoms with E-state index in [0.717, 1.165) is 4.47 Å². The molecule has 1 N–H and O–H groups in total. The maximum absolute atomic E-state index is 12.3. The molecule has 1 aromatic rings. The summed E-state index contributed by atoms with van der Waals surface area (Å²) in [7, 11) is 0. The Bertz CT molecular complexity index is 506. The van der Waals surface area contributed by atoms with E-state index in [1.165, 1.54) is 6.20 Å². The lowest BCUT2D eigenvalue weighted by atomic mass is 9.90. The first-order valence-corrected chi connectivity index (χ1v) is 6.89. The van der Waals surface area contributed by atoms with Crippen LogP contribution in [0.1, 0.15) is 23.7 Å². The van der Waals surface area contributed by atoms with Crippen LogP contribution in [0.3, 0.4) is 0 Å². The van der Waals surface area contributed by atoms with Crippen LogP contribution >= 0.6 is 15.9 Å². The molecule has 102 valence electrons. The zero-order valence-corrected chi connectivity index (χ0v) is 12.1. The standard InChI is InChI=1S/C13H15BrN2O3/c1-8-2-10(13(18)19)7-16(6-8)12(17)9-3-11(14)5-15-4-9/h3-5,8,10H,2,6-7H2,1H3,(H,18,19). The van der Waals surface area contributed by atoms with E-state index in [4.69, 9.17) is 5.11 Å². The summed E-state index contributed by atoms with van der Waals surface area (Å²) in [6.07, 6.45) is 3.73. The van der Waals surface area contributed by atoms with Gasteiger partial charge in [0.1, 0.15) is 0 Å². The van der Waals surface area contributed by atoms with Crippen LogP contribution in [-0.2, 0) is 4.79 Å². The van der Waals surface area contributed by atoms with E-state index >= 15 is 0 Å². The maximum Gasteiger partial charge on any atom is 0.308 e. The van der Waals surface area contributed by atoms with E-state index in [1.807, 2.05) is 6.92 Å². The number of likely N-dealkylation sites (tertiary alicyclic amines) is 1. The monoisotopic (exact) mass is 326 g/mol. The van der Waals surface area contributed by atoms with Crippen LogP contribution in [-0.4, -0.2) is 40.0 Å². The number of carbonyl (C=O) groups excluding carboxylic acids is 1. The summed E-state index contributed by atoms with van der Waals surface area (Å²) in [5.74, 6) is -1.28. The number of aromatic nitrogens is 1. The molecule has 2 heterocycles. The number of carbonyl (C=O) groups is 2. The molecule has 0 radical (unpaired) electrons. The lowest BCUT2D eigenvalue weighted by molar-refractivity contribution is -0.143. The number of carboxylic acids is 1. The molecule has 0 aromatic carbocycles. The number of amides is 1. The van der Waals surface area contributed by atoms with Crippen LogP contribution in [0, 0.1) is 11.8 Å². The van der Waals surface area contributed by atoms with Crippen molar-refractivity contribution in [1.82, 2.24) is 9.88 Å². The first kappa shape index (κ1) is 14.0. The second-order valence-corrected chi connectivity index (χ2v) is 5.89. The maximum atomic E-state index is 12.3. The SMILES string of the molecule is CC1CC(C(=O)O)CN(C(=O)c2cncc(Br)c2)C1. The Morgan fingerprint density at radius 2 is 2.16 bits per heavy atom. The molecule has 0 spiro atoms. The van der Waals surface area contributed by atoms with E-state index in [1.54, 1.807) is 17.2 Å². The number of carboxylic acid groups (broad SMARTS) is 1. The van der Waals surface area contributed by atoms with Crippen LogP contribution in [0.5, 0.6) is 0 Å². The van der Waals surface area contributed by atoms with E-state index in [9.17, 15) is 9.59 Å². The molecule has 2 rings (SSSR count). The molecule has 6 heteroatoms. The molecular weight excluding hydrogens is 312 g/mol. The molecule has 0 bridgehead atoms. The highest BCUT2D eigenvalue weighted by Crippen LogP contribution is 2.23. The van der Waals surface area contributed by atoms with Crippen LogP contribution in [0.2, 0.25) is 0 Å². The number of rotatable bonds is 2. The Labute approximate surface area is 119 Å². The summed E-state index contributed by atoms with van der Waals surface area (Å²) >= 11 is 3.27. The summed E-state index contributed by atoms with van der Waals surface area (Å²) < 4.78 is 0.734. The predicted octanol–water partition coefficient (Wildman–Crippen LogP) is 2.03. The van der Waals surface area contributed by atoms with Crippen molar-refractivity contribution in [1.29, 1.82) is 0 Å². The minimum absolute atomic E-state index is 0.161. The van der Waals surface area contributed by atoms with Crippen LogP contribution in [0.4, 0.5) is 0 Å². The van der Waals surface area contributed by atoms with Gasteiger partial charge in [0.2, 0.25) is 0 Å². The molecule has 2 unspecified atom stereocenters. The van der Waals surface area contributed by atoms with Crippen molar-refractivity contribution in [2.45, 2.75) is 13.3 Å². The fourth-order valence-electron chi connectivity index (χ4n) is 2.41. The normalized spacial score (nSPS) is 23.2. The Morgan fingerprint density at radius 3 is 2.79 bits per heavy atom. The molecule has 1 fully saturated rings. The highest BCUT2D eigenvalue weighted by Gasteiger charge is 2.32. The molecular formula is C13H15BrN2O3. The summed E-state index contributed by atoms with van der Waals surface area (Å²) in [5.41, 5.74) is 0.479. The van der Waals surface area contributed by atoms with Gasteiger partial charge in [0.05, 0.1) is 11.5 Å². The van der Waals surface area contributed by atoms with Crippen LogP contribution < -0.4 is 0 Å². The van der Waals surface area contributed by atoms with Gasteiger partial charge in [-0.3, -0.25) is 14.6 Å². The Balaban J connectivity index is 2.16. The lowest BCUT2D eigenvalue weighted by Crippen LogP contribution is -2.45. The molecule has 19 heavy (non-hydrogen) atoms. The molecule has 1 amide bonds. The van der Waals surface area contributed by atoms with Gasteiger partial charge < -0.3 is 10.0 Å². The average Bonchev–Trinajstić information content (AvgIpc) is 2.37. The third kappa shape index (κ3) is 3.32. The van der Waals surface area contributed by atoms with Crippen LogP contribution in [0.25, 0.3) is 0 Å². The molecule has 1 aliphatic heterocycles. The van der Waals surface area contributed by atoms with Gasteiger partial charge in [-0.25, -0.2) is 0 Å². The Morgan fingerprint density at radius 1 is 1.42 bits per heavy atom. The van der Waals surface area contributed by atoms with E-state index in [0.29, 0.717) is 18.5 Å². The van der Waals surface area contributed by atoms with Crippen molar-refractivity contribution in [2.75, 3.05) is 13.1 Å². The predicted molar refractivity (Wildman–Crippen MR) is 72.7 cm³/mol. The van der Waals surface area contributed by atoms with Crippen LogP contribution in [0.15, 0.2) is 22.9 Å². The van der Waals surface area contributed by atoms with E-state index in [2.05, 4.69) is 20.9 Å². The minimum atomic E-state index is -0.836. The van der Waals surface area contributed by atoms with E-state index < -0.39 is 11.9 Å². The zero-order chi connectivity index (χ0) is 14.0. The third-order valence-corrected chi connectivity index (χ3v) is 3.68.